The average molecular weight is 346 g/mol. The van der Waals surface area contributed by atoms with E-state index in [9.17, 15) is 12.8 Å². The van der Waals surface area contributed by atoms with Gasteiger partial charge in [-0.1, -0.05) is 0 Å². The van der Waals surface area contributed by atoms with Crippen molar-refractivity contribution in [1.82, 2.24) is 0 Å². The molecule has 0 atom stereocenters. The van der Waals surface area contributed by atoms with Crippen molar-refractivity contribution in [3.8, 4) is 5.75 Å². The number of rotatable bonds is 3. The Kier molecular flexibility index (Phi) is 3.77. The number of hydrogen-bond donors (Lipinski definition) is 2. The minimum Gasteiger partial charge on any atom is -0.508 e. The van der Waals surface area contributed by atoms with Gasteiger partial charge in [-0.3, -0.25) is 4.72 Å². The van der Waals surface area contributed by atoms with Gasteiger partial charge < -0.3 is 5.11 Å². The molecule has 100 valence electrons. The van der Waals surface area contributed by atoms with Crippen molar-refractivity contribution < 1.29 is 17.9 Å². The quantitative estimate of drug-likeness (QED) is 0.840. The summed E-state index contributed by atoms with van der Waals surface area (Å²) in [6.45, 7) is 0. The van der Waals surface area contributed by atoms with Crippen LogP contribution in [0.3, 0.4) is 0 Å². The molecule has 0 spiro atoms. The van der Waals surface area contributed by atoms with E-state index in [2.05, 4.69) is 20.7 Å². The Labute approximate surface area is 118 Å². The fourth-order valence-electron chi connectivity index (χ4n) is 1.39. The third-order valence-corrected chi connectivity index (χ3v) is 4.34. The zero-order valence-corrected chi connectivity index (χ0v) is 11.9. The van der Waals surface area contributed by atoms with E-state index < -0.39 is 15.8 Å². The number of benzene rings is 2. The van der Waals surface area contributed by atoms with Crippen LogP contribution < -0.4 is 4.72 Å². The molecule has 19 heavy (non-hydrogen) atoms. The van der Waals surface area contributed by atoms with Gasteiger partial charge in [0.15, 0.2) is 0 Å². The summed E-state index contributed by atoms with van der Waals surface area (Å²) in [5.74, 6) is -0.633. The van der Waals surface area contributed by atoms with Crippen LogP contribution in [-0.4, -0.2) is 13.5 Å². The normalized spacial score (nSPS) is 11.3. The molecule has 0 amide bonds. The second-order valence-electron chi connectivity index (χ2n) is 3.73. The van der Waals surface area contributed by atoms with Gasteiger partial charge in [-0.15, -0.1) is 0 Å². The molecule has 0 saturated heterocycles. The zero-order chi connectivity index (χ0) is 14.0. The molecule has 0 aliphatic heterocycles. The molecule has 0 aliphatic rings. The van der Waals surface area contributed by atoms with Gasteiger partial charge in [-0.05, 0) is 58.4 Å². The second kappa shape index (κ2) is 5.18. The van der Waals surface area contributed by atoms with E-state index in [1.54, 1.807) is 0 Å². The molecule has 2 aromatic rings. The Morgan fingerprint density at radius 2 is 1.74 bits per heavy atom. The molecule has 2 rings (SSSR count). The van der Waals surface area contributed by atoms with Crippen molar-refractivity contribution in [3.63, 3.8) is 0 Å². The van der Waals surface area contributed by atoms with Crippen LogP contribution in [0.25, 0.3) is 0 Å². The lowest BCUT2D eigenvalue weighted by atomic mass is 10.3. The molecule has 4 nitrogen and oxygen atoms in total. The van der Waals surface area contributed by atoms with E-state index in [1.807, 2.05) is 0 Å². The molecule has 0 aliphatic carbocycles. The van der Waals surface area contributed by atoms with Crippen molar-refractivity contribution in [2.24, 2.45) is 0 Å². The monoisotopic (exact) mass is 345 g/mol. The molecule has 0 saturated carbocycles. The molecular weight excluding hydrogens is 337 g/mol. The van der Waals surface area contributed by atoms with Crippen LogP contribution in [0.4, 0.5) is 10.1 Å². The van der Waals surface area contributed by atoms with Crippen LogP contribution in [0.2, 0.25) is 0 Å². The van der Waals surface area contributed by atoms with E-state index in [-0.39, 0.29) is 20.8 Å². The fourth-order valence-corrected chi connectivity index (χ4v) is 2.70. The van der Waals surface area contributed by atoms with E-state index in [0.717, 1.165) is 6.07 Å². The molecule has 2 N–H and O–H groups in total. The van der Waals surface area contributed by atoms with Crippen molar-refractivity contribution in [3.05, 3.63) is 52.8 Å². The Morgan fingerprint density at radius 3 is 2.32 bits per heavy atom. The fraction of sp³-hybridized carbons (Fsp3) is 0. The van der Waals surface area contributed by atoms with Gasteiger partial charge >= 0.3 is 0 Å². The van der Waals surface area contributed by atoms with Gasteiger partial charge in [0.25, 0.3) is 10.0 Å². The summed E-state index contributed by atoms with van der Waals surface area (Å²) in [6, 6.07) is 9.04. The number of anilines is 1. The number of halogens is 2. The van der Waals surface area contributed by atoms with E-state index >= 15 is 0 Å². The topological polar surface area (TPSA) is 66.4 Å². The summed E-state index contributed by atoms with van der Waals surface area (Å²) >= 11 is 2.95. The van der Waals surface area contributed by atoms with Gasteiger partial charge in [-0.2, -0.15) is 0 Å². The first-order valence-corrected chi connectivity index (χ1v) is 7.43. The lowest BCUT2D eigenvalue weighted by Crippen LogP contribution is -2.13. The van der Waals surface area contributed by atoms with E-state index in [1.165, 1.54) is 36.4 Å². The number of phenols is 1. The van der Waals surface area contributed by atoms with E-state index in [0.29, 0.717) is 0 Å². The van der Waals surface area contributed by atoms with Crippen molar-refractivity contribution in [1.29, 1.82) is 0 Å². The predicted octanol–water partition coefficient (Wildman–Crippen LogP) is 3.09. The maximum absolute atomic E-state index is 13.3. The minimum absolute atomic E-state index is 0.0256. The molecular formula is C12H9BrFNO3S. The number of sulfonamides is 1. The number of aromatic hydroxyl groups is 1. The first-order chi connectivity index (χ1) is 8.88. The highest BCUT2D eigenvalue weighted by atomic mass is 79.9. The van der Waals surface area contributed by atoms with E-state index in [4.69, 9.17) is 5.11 Å². The Hall–Kier alpha value is -1.60. The van der Waals surface area contributed by atoms with Gasteiger partial charge in [0, 0.05) is 5.69 Å². The molecule has 7 heteroatoms. The molecule has 0 radical (unpaired) electrons. The van der Waals surface area contributed by atoms with Crippen LogP contribution in [0.15, 0.2) is 51.8 Å². The molecule has 0 aromatic heterocycles. The molecule has 2 aromatic carbocycles. The highest BCUT2D eigenvalue weighted by Gasteiger charge is 2.16. The zero-order valence-electron chi connectivity index (χ0n) is 9.47. The highest BCUT2D eigenvalue weighted by Crippen LogP contribution is 2.22. The highest BCUT2D eigenvalue weighted by molar-refractivity contribution is 9.10. The summed E-state index contributed by atoms with van der Waals surface area (Å²) in [5, 5.41) is 9.11. The summed E-state index contributed by atoms with van der Waals surface area (Å²) in [6.07, 6.45) is 0. The molecule has 0 fully saturated rings. The van der Waals surface area contributed by atoms with Crippen molar-refractivity contribution in [2.45, 2.75) is 4.90 Å². The second-order valence-corrected chi connectivity index (χ2v) is 6.27. The van der Waals surface area contributed by atoms with Crippen LogP contribution >= 0.6 is 15.9 Å². The largest absolute Gasteiger partial charge is 0.508 e. The summed E-state index contributed by atoms with van der Waals surface area (Å²) in [7, 11) is -3.86. The maximum Gasteiger partial charge on any atom is 0.261 e. The maximum atomic E-state index is 13.3. The number of hydrogen-bond acceptors (Lipinski definition) is 3. The molecule has 0 heterocycles. The SMILES string of the molecule is O=S(=O)(Nc1ccc(O)cc1)c1ccc(Br)c(F)c1. The standard InChI is InChI=1S/C12H9BrFNO3S/c13-11-6-5-10(7-12(11)14)19(17,18)15-8-1-3-9(16)4-2-8/h1-7,15-16H. The minimum atomic E-state index is -3.86. The third-order valence-electron chi connectivity index (χ3n) is 2.32. The molecule has 0 bridgehead atoms. The van der Waals surface area contributed by atoms with Gasteiger partial charge in [0.05, 0.1) is 9.37 Å². The summed E-state index contributed by atoms with van der Waals surface area (Å²) < 4.78 is 39.8. The van der Waals surface area contributed by atoms with Crippen molar-refractivity contribution >= 4 is 31.6 Å². The third kappa shape index (κ3) is 3.24. The summed E-state index contributed by atoms with van der Waals surface area (Å²) in [5.41, 5.74) is 0.279. The number of nitrogens with one attached hydrogen (secondary N) is 1. The van der Waals surface area contributed by atoms with Crippen LogP contribution in [0.1, 0.15) is 0 Å². The summed E-state index contributed by atoms with van der Waals surface area (Å²) in [4.78, 5) is -0.179. The Bertz CT molecular complexity index is 701. The Morgan fingerprint density at radius 1 is 1.11 bits per heavy atom. The van der Waals surface area contributed by atoms with Gasteiger partial charge in [-0.25, -0.2) is 12.8 Å². The van der Waals surface area contributed by atoms with Crippen LogP contribution in [-0.2, 0) is 10.0 Å². The lowest BCUT2D eigenvalue weighted by molar-refractivity contribution is 0.475. The molecule has 0 unspecified atom stereocenters. The average Bonchev–Trinajstić information content (AvgIpc) is 2.35. The van der Waals surface area contributed by atoms with Crippen LogP contribution in [0, 0.1) is 5.82 Å². The van der Waals surface area contributed by atoms with Gasteiger partial charge in [0.1, 0.15) is 11.6 Å². The first kappa shape index (κ1) is 13.8. The first-order valence-electron chi connectivity index (χ1n) is 5.15. The Balaban J connectivity index is 2.32. The number of phenolic OH excluding ortho intramolecular Hbond substituents is 1. The van der Waals surface area contributed by atoms with Crippen LogP contribution in [0.5, 0.6) is 5.75 Å². The lowest BCUT2D eigenvalue weighted by Gasteiger charge is -2.08. The van der Waals surface area contributed by atoms with Gasteiger partial charge in [0.2, 0.25) is 0 Å². The smallest absolute Gasteiger partial charge is 0.261 e. The predicted molar refractivity (Wildman–Crippen MR) is 73.0 cm³/mol. The van der Waals surface area contributed by atoms with Crippen molar-refractivity contribution in [2.75, 3.05) is 4.72 Å².